The number of rotatable bonds is 4. The van der Waals surface area contributed by atoms with Gasteiger partial charge in [-0.1, -0.05) is 0 Å². The van der Waals surface area contributed by atoms with Crippen LogP contribution in [0.1, 0.15) is 10.4 Å². The second kappa shape index (κ2) is 6.40. The van der Waals surface area contributed by atoms with Crippen LogP contribution in [-0.2, 0) is 9.47 Å². The monoisotopic (exact) mass is 284 g/mol. The molecule has 1 amide bonds. The van der Waals surface area contributed by atoms with Crippen LogP contribution in [-0.4, -0.2) is 43.3 Å². The number of halogens is 1. The van der Waals surface area contributed by atoms with Crippen molar-refractivity contribution in [2.24, 2.45) is 0 Å². The Hall–Kier alpha value is -2.06. The van der Waals surface area contributed by atoms with Crippen molar-refractivity contribution in [1.29, 1.82) is 0 Å². The maximum absolute atomic E-state index is 13.1. The van der Waals surface area contributed by atoms with Gasteiger partial charge in [-0.15, -0.1) is 0 Å². The second-order valence-corrected chi connectivity index (χ2v) is 4.20. The number of ether oxygens (including phenoxy) is 2. The highest BCUT2D eigenvalue weighted by atomic mass is 19.1. The van der Waals surface area contributed by atoms with E-state index in [9.17, 15) is 19.3 Å². The number of hydrogen-bond donors (Lipinski definition) is 1. The Labute approximate surface area is 113 Å². The molecule has 0 aliphatic carbocycles. The van der Waals surface area contributed by atoms with Gasteiger partial charge in [-0.25, -0.2) is 4.39 Å². The number of amides is 1. The van der Waals surface area contributed by atoms with Gasteiger partial charge < -0.3 is 14.8 Å². The molecule has 1 fully saturated rings. The third-order valence-corrected chi connectivity index (χ3v) is 2.78. The van der Waals surface area contributed by atoms with Crippen LogP contribution in [0.15, 0.2) is 18.2 Å². The highest BCUT2D eigenvalue weighted by Gasteiger charge is 2.22. The van der Waals surface area contributed by atoms with Gasteiger partial charge in [-0.05, 0) is 12.1 Å². The summed E-state index contributed by atoms with van der Waals surface area (Å²) in [4.78, 5) is 22.0. The van der Waals surface area contributed by atoms with E-state index in [0.29, 0.717) is 19.8 Å². The lowest BCUT2D eigenvalue weighted by Gasteiger charge is -2.23. The molecule has 1 aromatic rings. The standard InChI is InChI=1S/C12H13FN2O5/c13-8-1-2-11(15(17)18)10(5-8)12(16)14-6-9-7-19-3-4-20-9/h1-2,5,9H,3-4,6-7H2,(H,14,16). The second-order valence-electron chi connectivity index (χ2n) is 4.20. The molecular weight excluding hydrogens is 271 g/mol. The van der Waals surface area contributed by atoms with E-state index >= 15 is 0 Å². The summed E-state index contributed by atoms with van der Waals surface area (Å²) in [6, 6.07) is 2.74. The Morgan fingerprint density at radius 3 is 2.95 bits per heavy atom. The van der Waals surface area contributed by atoms with Crippen LogP contribution < -0.4 is 5.32 Å². The fourth-order valence-corrected chi connectivity index (χ4v) is 1.81. The Balaban J connectivity index is 2.04. The van der Waals surface area contributed by atoms with Crippen molar-refractivity contribution in [1.82, 2.24) is 5.32 Å². The van der Waals surface area contributed by atoms with E-state index in [1.54, 1.807) is 0 Å². The SMILES string of the molecule is O=C(NCC1COCCO1)c1cc(F)ccc1[N+](=O)[O-]. The number of benzene rings is 1. The summed E-state index contributed by atoms with van der Waals surface area (Å²) >= 11 is 0. The molecule has 1 aliphatic heterocycles. The zero-order valence-electron chi connectivity index (χ0n) is 10.5. The molecule has 1 heterocycles. The predicted molar refractivity (Wildman–Crippen MR) is 65.9 cm³/mol. The van der Waals surface area contributed by atoms with Crippen LogP contribution >= 0.6 is 0 Å². The van der Waals surface area contributed by atoms with Crippen molar-refractivity contribution in [2.45, 2.75) is 6.10 Å². The van der Waals surface area contributed by atoms with Crippen LogP contribution in [0.25, 0.3) is 0 Å². The largest absolute Gasteiger partial charge is 0.376 e. The minimum absolute atomic E-state index is 0.145. The van der Waals surface area contributed by atoms with Gasteiger partial charge >= 0.3 is 0 Å². The number of nitrogens with zero attached hydrogens (tertiary/aromatic N) is 1. The highest BCUT2D eigenvalue weighted by molar-refractivity contribution is 5.98. The highest BCUT2D eigenvalue weighted by Crippen LogP contribution is 2.19. The fourth-order valence-electron chi connectivity index (χ4n) is 1.81. The Morgan fingerprint density at radius 1 is 1.50 bits per heavy atom. The van der Waals surface area contributed by atoms with E-state index in [1.807, 2.05) is 0 Å². The van der Waals surface area contributed by atoms with E-state index in [4.69, 9.17) is 9.47 Å². The van der Waals surface area contributed by atoms with E-state index in [0.717, 1.165) is 18.2 Å². The van der Waals surface area contributed by atoms with Gasteiger partial charge in [-0.3, -0.25) is 14.9 Å². The van der Waals surface area contributed by atoms with Gasteiger partial charge in [0.15, 0.2) is 0 Å². The number of nitro benzene ring substituents is 1. The summed E-state index contributed by atoms with van der Waals surface area (Å²) in [7, 11) is 0. The van der Waals surface area contributed by atoms with Crippen molar-refractivity contribution < 1.29 is 23.6 Å². The predicted octanol–water partition coefficient (Wildman–Crippen LogP) is 0.879. The first kappa shape index (κ1) is 14.4. The van der Waals surface area contributed by atoms with Gasteiger partial charge in [0, 0.05) is 12.6 Å². The van der Waals surface area contributed by atoms with Crippen LogP contribution in [0.5, 0.6) is 0 Å². The Morgan fingerprint density at radius 2 is 2.30 bits per heavy atom. The summed E-state index contributed by atoms with van der Waals surface area (Å²) in [6.45, 7) is 1.42. The molecule has 0 radical (unpaired) electrons. The Kier molecular flexibility index (Phi) is 4.59. The van der Waals surface area contributed by atoms with Crippen LogP contribution in [0.3, 0.4) is 0 Å². The average molecular weight is 284 g/mol. The lowest BCUT2D eigenvalue weighted by molar-refractivity contribution is -0.385. The molecule has 108 valence electrons. The number of carbonyl (C=O) groups is 1. The van der Waals surface area contributed by atoms with E-state index < -0.39 is 22.3 Å². The maximum atomic E-state index is 13.1. The average Bonchev–Trinajstić information content (AvgIpc) is 2.45. The number of hydrogen-bond acceptors (Lipinski definition) is 5. The van der Waals surface area contributed by atoms with Crippen LogP contribution in [0.4, 0.5) is 10.1 Å². The van der Waals surface area contributed by atoms with Gasteiger partial charge in [-0.2, -0.15) is 0 Å². The first-order valence-electron chi connectivity index (χ1n) is 5.99. The lowest BCUT2D eigenvalue weighted by atomic mass is 10.1. The van der Waals surface area contributed by atoms with E-state index in [2.05, 4.69) is 5.32 Å². The molecule has 1 saturated heterocycles. The van der Waals surface area contributed by atoms with Gasteiger partial charge in [0.2, 0.25) is 0 Å². The van der Waals surface area contributed by atoms with Crippen molar-refractivity contribution in [3.05, 3.63) is 39.7 Å². The van der Waals surface area contributed by atoms with Crippen molar-refractivity contribution >= 4 is 11.6 Å². The third kappa shape index (κ3) is 3.49. The molecule has 0 saturated carbocycles. The van der Waals surface area contributed by atoms with Crippen LogP contribution in [0, 0.1) is 15.9 Å². The molecule has 1 atom stereocenters. The van der Waals surface area contributed by atoms with Gasteiger partial charge in [0.25, 0.3) is 11.6 Å². The topological polar surface area (TPSA) is 90.7 Å². The molecule has 8 heteroatoms. The molecule has 1 aromatic carbocycles. The lowest BCUT2D eigenvalue weighted by Crippen LogP contribution is -2.39. The molecule has 20 heavy (non-hydrogen) atoms. The summed E-state index contributed by atoms with van der Waals surface area (Å²) < 4.78 is 23.6. The molecule has 0 bridgehead atoms. The van der Waals surface area contributed by atoms with Crippen LogP contribution in [0.2, 0.25) is 0 Å². The van der Waals surface area contributed by atoms with E-state index in [-0.39, 0.29) is 18.2 Å². The molecule has 1 N–H and O–H groups in total. The maximum Gasteiger partial charge on any atom is 0.282 e. The third-order valence-electron chi connectivity index (χ3n) is 2.78. The number of carbonyl (C=O) groups excluding carboxylic acids is 1. The quantitative estimate of drug-likeness (QED) is 0.654. The van der Waals surface area contributed by atoms with Gasteiger partial charge in [0.1, 0.15) is 11.4 Å². The van der Waals surface area contributed by atoms with Crippen molar-refractivity contribution in [2.75, 3.05) is 26.4 Å². The smallest absolute Gasteiger partial charge is 0.282 e. The van der Waals surface area contributed by atoms with E-state index in [1.165, 1.54) is 0 Å². The zero-order chi connectivity index (χ0) is 14.5. The van der Waals surface area contributed by atoms with Crippen molar-refractivity contribution in [3.8, 4) is 0 Å². The number of nitro groups is 1. The Bertz CT molecular complexity index is 517. The molecule has 2 rings (SSSR count). The minimum atomic E-state index is -0.728. The number of nitrogens with one attached hydrogen (secondary N) is 1. The molecule has 1 aliphatic rings. The molecule has 0 spiro atoms. The first-order valence-corrected chi connectivity index (χ1v) is 5.99. The summed E-state index contributed by atoms with van der Waals surface area (Å²) in [6.07, 6.45) is -0.305. The molecule has 1 unspecified atom stereocenters. The normalized spacial score (nSPS) is 18.6. The van der Waals surface area contributed by atoms with Gasteiger partial charge in [0.05, 0.1) is 30.8 Å². The van der Waals surface area contributed by atoms with Crippen molar-refractivity contribution in [3.63, 3.8) is 0 Å². The fraction of sp³-hybridized carbons (Fsp3) is 0.417. The first-order chi connectivity index (χ1) is 9.58. The zero-order valence-corrected chi connectivity index (χ0v) is 10.5. The summed E-state index contributed by atoms with van der Waals surface area (Å²) in [5.74, 6) is -1.43. The molecule has 7 nitrogen and oxygen atoms in total. The molecular formula is C12H13FN2O5. The minimum Gasteiger partial charge on any atom is -0.376 e. The summed E-state index contributed by atoms with van der Waals surface area (Å²) in [5.41, 5.74) is -0.753. The summed E-state index contributed by atoms with van der Waals surface area (Å²) in [5, 5.41) is 13.3. The molecule has 0 aromatic heterocycles.